The van der Waals surface area contributed by atoms with Crippen molar-refractivity contribution in [3.8, 4) is 0 Å². The Bertz CT molecular complexity index is 315. The number of hydrogen-bond acceptors (Lipinski definition) is 1. The van der Waals surface area contributed by atoms with E-state index >= 15 is 0 Å². The number of rotatable bonds is 2. The zero-order valence-corrected chi connectivity index (χ0v) is 7.60. The van der Waals surface area contributed by atoms with E-state index in [-0.39, 0.29) is 0 Å². The molecule has 1 nitrogen and oxygen atoms in total. The first kappa shape index (κ1) is 7.74. The quantitative estimate of drug-likeness (QED) is 0.701. The summed E-state index contributed by atoms with van der Waals surface area (Å²) in [5, 5.41) is 0. The maximum Gasteiger partial charge on any atom is 0.103 e. The third-order valence-electron chi connectivity index (χ3n) is 2.22. The molecule has 1 saturated carbocycles. The topological polar surface area (TPSA) is 26.0 Å². The van der Waals surface area contributed by atoms with Crippen molar-refractivity contribution in [3.05, 3.63) is 35.4 Å². The van der Waals surface area contributed by atoms with Gasteiger partial charge < -0.3 is 5.73 Å². The molecule has 1 aromatic carbocycles. The summed E-state index contributed by atoms with van der Waals surface area (Å²) in [7, 11) is 0. The summed E-state index contributed by atoms with van der Waals surface area (Å²) >= 11 is 4.91. The molecule has 2 N–H and O–H groups in total. The molecular formula is C10H11NS. The van der Waals surface area contributed by atoms with Gasteiger partial charge in [0.2, 0.25) is 0 Å². The minimum absolute atomic E-state index is 0.498. The summed E-state index contributed by atoms with van der Waals surface area (Å²) in [6.45, 7) is 0. The molecule has 2 heteroatoms. The van der Waals surface area contributed by atoms with Crippen LogP contribution in [0.5, 0.6) is 0 Å². The first-order valence-corrected chi connectivity index (χ1v) is 4.58. The van der Waals surface area contributed by atoms with Gasteiger partial charge in [0.05, 0.1) is 0 Å². The van der Waals surface area contributed by atoms with E-state index in [2.05, 4.69) is 12.1 Å². The van der Waals surface area contributed by atoms with Gasteiger partial charge in [-0.05, 0) is 30.4 Å². The van der Waals surface area contributed by atoms with E-state index < -0.39 is 0 Å². The van der Waals surface area contributed by atoms with Crippen molar-refractivity contribution >= 4 is 17.2 Å². The van der Waals surface area contributed by atoms with Crippen LogP contribution in [-0.4, -0.2) is 4.99 Å². The van der Waals surface area contributed by atoms with E-state index in [1.807, 2.05) is 12.1 Å². The lowest BCUT2D eigenvalue weighted by molar-refractivity contribution is 1.13. The molecule has 0 aromatic heterocycles. The van der Waals surface area contributed by atoms with Gasteiger partial charge in [-0.1, -0.05) is 30.4 Å². The molecule has 1 aliphatic rings. The number of thiocarbonyl (C=S) groups is 1. The van der Waals surface area contributed by atoms with Crippen LogP contribution in [-0.2, 0) is 0 Å². The largest absolute Gasteiger partial charge is 0.389 e. The van der Waals surface area contributed by atoms with E-state index in [1.54, 1.807) is 0 Å². The van der Waals surface area contributed by atoms with Crippen LogP contribution in [0.25, 0.3) is 0 Å². The van der Waals surface area contributed by atoms with Gasteiger partial charge in [0.1, 0.15) is 4.99 Å². The highest BCUT2D eigenvalue weighted by atomic mass is 32.1. The molecule has 0 saturated heterocycles. The molecule has 1 fully saturated rings. The first-order valence-electron chi connectivity index (χ1n) is 4.17. The molecule has 0 radical (unpaired) electrons. The lowest BCUT2D eigenvalue weighted by Crippen LogP contribution is -2.09. The van der Waals surface area contributed by atoms with Gasteiger partial charge in [-0.15, -0.1) is 0 Å². The van der Waals surface area contributed by atoms with Crippen molar-refractivity contribution in [2.24, 2.45) is 5.73 Å². The summed E-state index contributed by atoms with van der Waals surface area (Å²) < 4.78 is 0. The summed E-state index contributed by atoms with van der Waals surface area (Å²) in [5.74, 6) is 0.777. The van der Waals surface area contributed by atoms with Crippen LogP contribution in [0.4, 0.5) is 0 Å². The maximum atomic E-state index is 5.53. The van der Waals surface area contributed by atoms with E-state index in [9.17, 15) is 0 Å². The third kappa shape index (κ3) is 1.48. The Kier molecular flexibility index (Phi) is 1.85. The zero-order valence-electron chi connectivity index (χ0n) is 6.79. The molecule has 0 unspecified atom stereocenters. The molecule has 0 atom stereocenters. The highest BCUT2D eigenvalue weighted by Gasteiger charge is 2.23. The Hall–Kier alpha value is -0.890. The second kappa shape index (κ2) is 2.87. The molecule has 0 amide bonds. The van der Waals surface area contributed by atoms with Gasteiger partial charge in [0, 0.05) is 5.56 Å². The molecule has 62 valence electrons. The van der Waals surface area contributed by atoms with Crippen molar-refractivity contribution in [3.63, 3.8) is 0 Å². The van der Waals surface area contributed by atoms with Crippen LogP contribution in [0.15, 0.2) is 24.3 Å². The van der Waals surface area contributed by atoms with Gasteiger partial charge in [0.25, 0.3) is 0 Å². The monoisotopic (exact) mass is 177 g/mol. The number of benzene rings is 1. The van der Waals surface area contributed by atoms with Crippen molar-refractivity contribution in [2.45, 2.75) is 18.8 Å². The second-order valence-corrected chi connectivity index (χ2v) is 3.70. The standard InChI is InChI=1S/C10H11NS/c11-10(12)9-3-1-2-8(6-9)7-4-5-7/h1-3,6-7H,4-5H2,(H2,11,12). The van der Waals surface area contributed by atoms with Gasteiger partial charge in [-0.3, -0.25) is 0 Å². The minimum Gasteiger partial charge on any atom is -0.389 e. The summed E-state index contributed by atoms with van der Waals surface area (Å²) in [5.41, 5.74) is 7.92. The molecule has 0 aliphatic heterocycles. The molecule has 1 aromatic rings. The highest BCUT2D eigenvalue weighted by Crippen LogP contribution is 2.40. The van der Waals surface area contributed by atoms with Gasteiger partial charge >= 0.3 is 0 Å². The minimum atomic E-state index is 0.498. The fourth-order valence-electron chi connectivity index (χ4n) is 1.36. The second-order valence-electron chi connectivity index (χ2n) is 3.26. The Morgan fingerprint density at radius 2 is 2.17 bits per heavy atom. The van der Waals surface area contributed by atoms with E-state index in [0.29, 0.717) is 4.99 Å². The summed E-state index contributed by atoms with van der Waals surface area (Å²) in [4.78, 5) is 0.498. The molecular weight excluding hydrogens is 166 g/mol. The smallest absolute Gasteiger partial charge is 0.103 e. The Morgan fingerprint density at radius 1 is 1.42 bits per heavy atom. The van der Waals surface area contributed by atoms with Crippen LogP contribution in [0.1, 0.15) is 29.9 Å². The highest BCUT2D eigenvalue weighted by molar-refractivity contribution is 7.80. The Labute approximate surface area is 77.6 Å². The average molecular weight is 177 g/mol. The van der Waals surface area contributed by atoms with Crippen LogP contribution >= 0.6 is 12.2 Å². The lowest BCUT2D eigenvalue weighted by atomic mass is 10.1. The normalized spacial score (nSPS) is 16.0. The maximum absolute atomic E-state index is 5.53. The fraction of sp³-hybridized carbons (Fsp3) is 0.300. The van der Waals surface area contributed by atoms with Crippen LogP contribution in [0.3, 0.4) is 0 Å². The van der Waals surface area contributed by atoms with Crippen molar-refractivity contribution in [1.82, 2.24) is 0 Å². The molecule has 2 rings (SSSR count). The van der Waals surface area contributed by atoms with Crippen LogP contribution < -0.4 is 5.73 Å². The molecule has 0 bridgehead atoms. The Balaban J connectivity index is 2.32. The number of nitrogens with two attached hydrogens (primary N) is 1. The predicted molar refractivity (Wildman–Crippen MR) is 54.3 cm³/mol. The first-order chi connectivity index (χ1) is 5.77. The third-order valence-corrected chi connectivity index (χ3v) is 2.46. The summed E-state index contributed by atoms with van der Waals surface area (Å²) in [6, 6.07) is 8.26. The molecule has 12 heavy (non-hydrogen) atoms. The lowest BCUT2D eigenvalue weighted by Gasteiger charge is -2.01. The average Bonchev–Trinajstić information content (AvgIpc) is 2.87. The van der Waals surface area contributed by atoms with Gasteiger partial charge in [0.15, 0.2) is 0 Å². The van der Waals surface area contributed by atoms with E-state index in [1.165, 1.54) is 18.4 Å². The van der Waals surface area contributed by atoms with Crippen LogP contribution in [0, 0.1) is 0 Å². The Morgan fingerprint density at radius 3 is 2.75 bits per heavy atom. The van der Waals surface area contributed by atoms with E-state index in [0.717, 1.165) is 11.5 Å². The van der Waals surface area contributed by atoms with Crippen molar-refractivity contribution in [2.75, 3.05) is 0 Å². The zero-order chi connectivity index (χ0) is 8.55. The molecule has 0 heterocycles. The molecule has 0 spiro atoms. The summed E-state index contributed by atoms with van der Waals surface area (Å²) in [6.07, 6.45) is 2.64. The van der Waals surface area contributed by atoms with Gasteiger partial charge in [-0.25, -0.2) is 0 Å². The van der Waals surface area contributed by atoms with Crippen molar-refractivity contribution < 1.29 is 0 Å². The fourth-order valence-corrected chi connectivity index (χ4v) is 1.49. The van der Waals surface area contributed by atoms with Crippen molar-refractivity contribution in [1.29, 1.82) is 0 Å². The van der Waals surface area contributed by atoms with Crippen LogP contribution in [0.2, 0.25) is 0 Å². The number of hydrogen-bond donors (Lipinski definition) is 1. The van der Waals surface area contributed by atoms with Gasteiger partial charge in [-0.2, -0.15) is 0 Å². The predicted octanol–water partition coefficient (Wildman–Crippen LogP) is 2.20. The molecule has 1 aliphatic carbocycles. The SMILES string of the molecule is NC(=S)c1cccc(C2CC2)c1. The van der Waals surface area contributed by atoms with E-state index in [4.69, 9.17) is 18.0 Å².